The van der Waals surface area contributed by atoms with Crippen molar-refractivity contribution in [2.45, 2.75) is 26.2 Å². The van der Waals surface area contributed by atoms with Crippen molar-refractivity contribution in [1.29, 1.82) is 0 Å². The largest absolute Gasteiger partial charge is 0.462 e. The van der Waals surface area contributed by atoms with E-state index in [1.54, 1.807) is 35.1 Å². The molecular formula is C22H23N3O3. The monoisotopic (exact) mass is 377 g/mol. The molecule has 1 aromatic heterocycles. The summed E-state index contributed by atoms with van der Waals surface area (Å²) in [5, 5.41) is 7.12. The summed E-state index contributed by atoms with van der Waals surface area (Å²) in [4.78, 5) is 24.2. The van der Waals surface area contributed by atoms with Crippen LogP contribution in [0.3, 0.4) is 0 Å². The standard InChI is InChI=1S/C22H23N3O3/c1-2-3-13-28-22(27)18-9-11-19(12-10-18)24-21(26)14-17-15-23-25(16-17)20-7-5-4-6-8-20/h4-12,15-16H,2-3,13-14H2,1H3,(H,24,26). The number of unbranched alkanes of at least 4 members (excludes halogenated alkanes) is 1. The van der Waals surface area contributed by atoms with Gasteiger partial charge < -0.3 is 10.1 Å². The molecule has 0 aliphatic carbocycles. The van der Waals surface area contributed by atoms with Crippen molar-refractivity contribution in [2.24, 2.45) is 0 Å². The minimum atomic E-state index is -0.348. The Labute approximate surface area is 164 Å². The molecule has 0 aliphatic heterocycles. The normalized spacial score (nSPS) is 10.5. The van der Waals surface area contributed by atoms with Crippen LogP contribution in [0.4, 0.5) is 5.69 Å². The minimum absolute atomic E-state index is 0.147. The quantitative estimate of drug-likeness (QED) is 0.475. The molecule has 1 amide bonds. The molecule has 0 unspecified atom stereocenters. The number of carbonyl (C=O) groups is 2. The van der Waals surface area contributed by atoms with Crippen molar-refractivity contribution in [1.82, 2.24) is 9.78 Å². The summed E-state index contributed by atoms with van der Waals surface area (Å²) in [7, 11) is 0. The molecule has 1 N–H and O–H groups in total. The Balaban J connectivity index is 1.54. The Kier molecular flexibility index (Phi) is 6.57. The molecule has 0 fully saturated rings. The third kappa shape index (κ3) is 5.30. The van der Waals surface area contributed by atoms with Crippen LogP contribution in [0.25, 0.3) is 5.69 Å². The number of amides is 1. The van der Waals surface area contributed by atoms with Gasteiger partial charge in [0, 0.05) is 11.9 Å². The number of hydrogen-bond acceptors (Lipinski definition) is 4. The first kappa shape index (κ1) is 19.4. The van der Waals surface area contributed by atoms with Gasteiger partial charge in [0.25, 0.3) is 0 Å². The molecule has 0 aliphatic rings. The summed E-state index contributed by atoms with van der Waals surface area (Å²) in [5.74, 6) is -0.495. The van der Waals surface area contributed by atoms with Crippen molar-refractivity contribution < 1.29 is 14.3 Å². The lowest BCUT2D eigenvalue weighted by atomic mass is 10.2. The number of carbonyl (C=O) groups excluding carboxylic acids is 2. The van der Waals surface area contributed by atoms with Crippen LogP contribution < -0.4 is 5.32 Å². The molecule has 6 heteroatoms. The highest BCUT2D eigenvalue weighted by Gasteiger charge is 2.09. The van der Waals surface area contributed by atoms with Crippen molar-refractivity contribution in [2.75, 3.05) is 11.9 Å². The lowest BCUT2D eigenvalue weighted by Gasteiger charge is -2.07. The van der Waals surface area contributed by atoms with E-state index in [1.165, 1.54) is 0 Å². The molecule has 0 saturated heterocycles. The topological polar surface area (TPSA) is 73.2 Å². The Morgan fingerprint density at radius 1 is 1.07 bits per heavy atom. The van der Waals surface area contributed by atoms with Crippen molar-refractivity contribution in [3.8, 4) is 5.69 Å². The highest BCUT2D eigenvalue weighted by molar-refractivity contribution is 5.94. The van der Waals surface area contributed by atoms with E-state index in [9.17, 15) is 9.59 Å². The molecule has 144 valence electrons. The van der Waals surface area contributed by atoms with Crippen LogP contribution in [0.5, 0.6) is 0 Å². The van der Waals surface area contributed by atoms with Crippen LogP contribution in [-0.4, -0.2) is 28.3 Å². The molecule has 3 aromatic rings. The third-order valence-electron chi connectivity index (χ3n) is 4.16. The van der Waals surface area contributed by atoms with Crippen LogP contribution in [0.2, 0.25) is 0 Å². The first-order valence-corrected chi connectivity index (χ1v) is 9.31. The average Bonchev–Trinajstić information content (AvgIpc) is 3.17. The van der Waals surface area contributed by atoms with Gasteiger partial charge in [0.05, 0.1) is 30.5 Å². The van der Waals surface area contributed by atoms with Gasteiger partial charge in [-0.05, 0) is 48.4 Å². The van der Waals surface area contributed by atoms with Gasteiger partial charge >= 0.3 is 5.97 Å². The van der Waals surface area contributed by atoms with Crippen molar-refractivity contribution in [3.05, 3.63) is 78.1 Å². The second-order valence-corrected chi connectivity index (χ2v) is 6.42. The predicted molar refractivity (Wildman–Crippen MR) is 108 cm³/mol. The number of anilines is 1. The zero-order valence-corrected chi connectivity index (χ0v) is 15.8. The summed E-state index contributed by atoms with van der Waals surface area (Å²) in [6.45, 7) is 2.46. The number of benzene rings is 2. The molecule has 28 heavy (non-hydrogen) atoms. The maximum atomic E-state index is 12.3. The molecular weight excluding hydrogens is 354 g/mol. The van der Waals surface area contributed by atoms with E-state index >= 15 is 0 Å². The number of para-hydroxylation sites is 1. The SMILES string of the molecule is CCCCOC(=O)c1ccc(NC(=O)Cc2cnn(-c3ccccc3)c2)cc1. The smallest absolute Gasteiger partial charge is 0.338 e. The molecule has 6 nitrogen and oxygen atoms in total. The van der Waals surface area contributed by atoms with Crippen LogP contribution in [0, 0.1) is 0 Å². The van der Waals surface area contributed by atoms with Crippen LogP contribution >= 0.6 is 0 Å². The van der Waals surface area contributed by atoms with E-state index in [1.807, 2.05) is 43.5 Å². The Hall–Kier alpha value is -3.41. The average molecular weight is 377 g/mol. The summed E-state index contributed by atoms with van der Waals surface area (Å²) in [6, 6.07) is 16.4. The fraction of sp³-hybridized carbons (Fsp3) is 0.227. The van der Waals surface area contributed by atoms with Gasteiger partial charge in [0.2, 0.25) is 5.91 Å². The Bertz CT molecular complexity index is 918. The molecule has 3 rings (SSSR count). The van der Waals surface area contributed by atoms with E-state index in [-0.39, 0.29) is 18.3 Å². The van der Waals surface area contributed by atoms with E-state index in [0.29, 0.717) is 17.9 Å². The molecule has 2 aromatic carbocycles. The summed E-state index contributed by atoms with van der Waals surface area (Å²) < 4.78 is 6.91. The number of nitrogens with one attached hydrogen (secondary N) is 1. The van der Waals surface area contributed by atoms with Gasteiger partial charge in [-0.15, -0.1) is 0 Å². The van der Waals surface area contributed by atoms with E-state index < -0.39 is 0 Å². The van der Waals surface area contributed by atoms with Gasteiger partial charge in [-0.1, -0.05) is 31.5 Å². The van der Waals surface area contributed by atoms with Crippen LogP contribution in [0.1, 0.15) is 35.7 Å². The Morgan fingerprint density at radius 3 is 2.54 bits per heavy atom. The predicted octanol–water partition coefficient (Wildman–Crippen LogP) is 4.01. The van der Waals surface area contributed by atoms with E-state index in [0.717, 1.165) is 24.1 Å². The molecule has 0 radical (unpaired) electrons. The summed E-state index contributed by atoms with van der Waals surface area (Å²) >= 11 is 0. The van der Waals surface area contributed by atoms with Gasteiger partial charge in [0.1, 0.15) is 0 Å². The highest BCUT2D eigenvalue weighted by Crippen LogP contribution is 2.13. The van der Waals surface area contributed by atoms with Crippen LogP contribution in [-0.2, 0) is 16.0 Å². The number of ether oxygens (including phenoxy) is 1. The van der Waals surface area contributed by atoms with Gasteiger partial charge in [-0.3, -0.25) is 4.79 Å². The summed E-state index contributed by atoms with van der Waals surface area (Å²) in [6.07, 6.45) is 5.56. The van der Waals surface area contributed by atoms with E-state index in [4.69, 9.17) is 4.74 Å². The fourth-order valence-electron chi connectivity index (χ4n) is 2.65. The van der Waals surface area contributed by atoms with Gasteiger partial charge in [-0.2, -0.15) is 5.10 Å². The maximum absolute atomic E-state index is 12.3. The minimum Gasteiger partial charge on any atom is -0.462 e. The lowest BCUT2D eigenvalue weighted by Crippen LogP contribution is -2.14. The second kappa shape index (κ2) is 9.50. The first-order valence-electron chi connectivity index (χ1n) is 9.31. The molecule has 0 atom stereocenters. The fourth-order valence-corrected chi connectivity index (χ4v) is 2.65. The summed E-state index contributed by atoms with van der Waals surface area (Å²) in [5.41, 5.74) is 2.86. The number of rotatable bonds is 8. The molecule has 0 saturated carbocycles. The highest BCUT2D eigenvalue weighted by atomic mass is 16.5. The Morgan fingerprint density at radius 2 is 1.82 bits per heavy atom. The second-order valence-electron chi connectivity index (χ2n) is 6.42. The third-order valence-corrected chi connectivity index (χ3v) is 4.16. The van der Waals surface area contributed by atoms with Gasteiger partial charge in [-0.25, -0.2) is 9.48 Å². The zero-order valence-electron chi connectivity index (χ0n) is 15.8. The van der Waals surface area contributed by atoms with E-state index in [2.05, 4.69) is 10.4 Å². The van der Waals surface area contributed by atoms with Crippen molar-refractivity contribution >= 4 is 17.6 Å². The first-order chi connectivity index (χ1) is 13.7. The van der Waals surface area contributed by atoms with Gasteiger partial charge in [0.15, 0.2) is 0 Å². The number of aromatic nitrogens is 2. The number of hydrogen-bond donors (Lipinski definition) is 1. The molecule has 1 heterocycles. The molecule has 0 bridgehead atoms. The van der Waals surface area contributed by atoms with Crippen molar-refractivity contribution in [3.63, 3.8) is 0 Å². The number of nitrogens with zero attached hydrogens (tertiary/aromatic N) is 2. The lowest BCUT2D eigenvalue weighted by molar-refractivity contribution is -0.115. The molecule has 0 spiro atoms. The maximum Gasteiger partial charge on any atom is 0.338 e. The zero-order chi connectivity index (χ0) is 19.8. The number of esters is 1. The van der Waals surface area contributed by atoms with Crippen LogP contribution in [0.15, 0.2) is 67.0 Å².